The van der Waals surface area contributed by atoms with Crippen molar-refractivity contribution in [2.45, 2.75) is 32.8 Å². The molecule has 1 aromatic heterocycles. The van der Waals surface area contributed by atoms with Crippen LogP contribution in [-0.2, 0) is 16.0 Å². The minimum atomic E-state index is -0.610. The lowest BCUT2D eigenvalue weighted by Gasteiger charge is -2.19. The van der Waals surface area contributed by atoms with E-state index in [1.807, 2.05) is 6.07 Å². The Morgan fingerprint density at radius 2 is 1.90 bits per heavy atom. The fourth-order valence-corrected chi connectivity index (χ4v) is 2.92. The maximum atomic E-state index is 12.6. The number of carbonyl (C=O) groups excluding carboxylic acids is 1. The van der Waals surface area contributed by atoms with E-state index in [0.29, 0.717) is 33.5 Å². The molecule has 3 aromatic rings. The van der Waals surface area contributed by atoms with Gasteiger partial charge in [0, 0.05) is 11.6 Å². The molecule has 0 radical (unpaired) electrons. The van der Waals surface area contributed by atoms with Gasteiger partial charge in [0.1, 0.15) is 17.0 Å². The zero-order valence-electron chi connectivity index (χ0n) is 16.7. The van der Waals surface area contributed by atoms with E-state index in [4.69, 9.17) is 14.7 Å². The van der Waals surface area contributed by atoms with E-state index in [0.717, 1.165) is 0 Å². The molecule has 3 rings (SSSR count). The first-order chi connectivity index (χ1) is 13.7. The molecule has 0 fully saturated rings. The Balaban J connectivity index is 2.12. The molecule has 0 unspecified atom stereocenters. The quantitative estimate of drug-likeness (QED) is 0.684. The predicted molar refractivity (Wildman–Crippen MR) is 109 cm³/mol. The number of ether oxygens (including phenoxy) is 2. The number of esters is 1. The van der Waals surface area contributed by atoms with Gasteiger partial charge in [-0.3, -0.25) is 9.59 Å². The Bertz CT molecular complexity index is 1170. The molecule has 148 valence electrons. The molecule has 7 nitrogen and oxygen atoms in total. The third-order valence-electron chi connectivity index (χ3n) is 4.13. The van der Waals surface area contributed by atoms with E-state index in [2.05, 4.69) is 9.97 Å². The standard InChI is InChI=1S/C22H21N3O4/c1-22(2,3)29-18(26)10-15-9-16(28-4)11-17-19(15)25-20(21(27)24-17)14-7-5-13(12-23)6-8-14/h5-9,11H,10H2,1-4H3,(H,24,27). The molecular weight excluding hydrogens is 370 g/mol. The van der Waals surface area contributed by atoms with E-state index in [1.165, 1.54) is 7.11 Å². The highest BCUT2D eigenvalue weighted by Gasteiger charge is 2.19. The maximum Gasteiger partial charge on any atom is 0.310 e. The Morgan fingerprint density at radius 1 is 1.21 bits per heavy atom. The molecule has 1 heterocycles. The number of nitriles is 1. The molecule has 1 N–H and O–H groups in total. The third kappa shape index (κ3) is 4.61. The Morgan fingerprint density at radius 3 is 2.48 bits per heavy atom. The van der Waals surface area contributed by atoms with Gasteiger partial charge in [-0.1, -0.05) is 12.1 Å². The van der Waals surface area contributed by atoms with Crippen molar-refractivity contribution in [2.75, 3.05) is 7.11 Å². The third-order valence-corrected chi connectivity index (χ3v) is 4.13. The van der Waals surface area contributed by atoms with Gasteiger partial charge >= 0.3 is 5.97 Å². The minimum absolute atomic E-state index is 0.0170. The Labute approximate surface area is 167 Å². The molecule has 0 spiro atoms. The van der Waals surface area contributed by atoms with Crippen molar-refractivity contribution >= 4 is 17.0 Å². The normalized spacial score (nSPS) is 11.1. The summed E-state index contributed by atoms with van der Waals surface area (Å²) in [6.07, 6.45) is -0.0170. The number of hydrogen-bond acceptors (Lipinski definition) is 6. The number of hydrogen-bond donors (Lipinski definition) is 1. The largest absolute Gasteiger partial charge is 0.497 e. The zero-order chi connectivity index (χ0) is 21.2. The SMILES string of the molecule is COc1cc(CC(=O)OC(C)(C)C)c2nc(-c3ccc(C#N)cc3)c(=O)[nH]c2c1. The molecule has 0 saturated heterocycles. The van der Waals surface area contributed by atoms with Gasteiger partial charge in [-0.25, -0.2) is 4.98 Å². The molecule has 0 atom stereocenters. The molecule has 0 aliphatic heterocycles. The van der Waals surface area contributed by atoms with E-state index < -0.39 is 11.6 Å². The lowest BCUT2D eigenvalue weighted by molar-refractivity contribution is -0.153. The van der Waals surface area contributed by atoms with Crippen LogP contribution in [0.4, 0.5) is 0 Å². The predicted octanol–water partition coefficient (Wildman–Crippen LogP) is 3.35. The number of rotatable bonds is 4. The molecule has 29 heavy (non-hydrogen) atoms. The van der Waals surface area contributed by atoms with Gasteiger partial charge in [-0.05, 0) is 44.5 Å². The van der Waals surface area contributed by atoms with Crippen LogP contribution >= 0.6 is 0 Å². The second-order valence-corrected chi connectivity index (χ2v) is 7.55. The van der Waals surface area contributed by atoms with Gasteiger partial charge < -0.3 is 14.5 Å². The summed E-state index contributed by atoms with van der Waals surface area (Å²) in [5, 5.41) is 8.96. The van der Waals surface area contributed by atoms with Gasteiger partial charge in [0.25, 0.3) is 5.56 Å². The van der Waals surface area contributed by atoms with Crippen molar-refractivity contribution in [2.24, 2.45) is 0 Å². The monoisotopic (exact) mass is 391 g/mol. The number of carbonyl (C=O) groups is 1. The Kier molecular flexibility index (Phi) is 5.37. The van der Waals surface area contributed by atoms with Crippen LogP contribution in [0, 0.1) is 11.3 Å². The van der Waals surface area contributed by atoms with Crippen LogP contribution < -0.4 is 10.3 Å². The minimum Gasteiger partial charge on any atom is -0.497 e. The summed E-state index contributed by atoms with van der Waals surface area (Å²) in [6.45, 7) is 5.40. The van der Waals surface area contributed by atoms with Gasteiger partial charge in [-0.15, -0.1) is 0 Å². The van der Waals surface area contributed by atoms with Gasteiger partial charge in [0.15, 0.2) is 0 Å². The van der Waals surface area contributed by atoms with E-state index in [1.54, 1.807) is 57.2 Å². The van der Waals surface area contributed by atoms with Gasteiger partial charge in [-0.2, -0.15) is 5.26 Å². The number of nitrogens with zero attached hydrogens (tertiary/aromatic N) is 2. The average molecular weight is 391 g/mol. The number of methoxy groups -OCH3 is 1. The molecule has 0 aliphatic rings. The number of nitrogens with one attached hydrogen (secondary N) is 1. The highest BCUT2D eigenvalue weighted by Crippen LogP contribution is 2.25. The van der Waals surface area contributed by atoms with Crippen molar-refractivity contribution in [3.05, 3.63) is 57.9 Å². The van der Waals surface area contributed by atoms with Crippen molar-refractivity contribution in [3.63, 3.8) is 0 Å². The second-order valence-electron chi connectivity index (χ2n) is 7.55. The van der Waals surface area contributed by atoms with Crippen molar-refractivity contribution in [3.8, 4) is 23.1 Å². The number of aromatic amines is 1. The summed E-state index contributed by atoms with van der Waals surface area (Å²) in [4.78, 5) is 32.3. The average Bonchev–Trinajstić information content (AvgIpc) is 2.65. The number of aromatic nitrogens is 2. The summed E-state index contributed by atoms with van der Waals surface area (Å²) < 4.78 is 10.7. The molecule has 7 heteroatoms. The Hall–Kier alpha value is -3.66. The lowest BCUT2D eigenvalue weighted by atomic mass is 10.1. The second kappa shape index (κ2) is 7.76. The highest BCUT2D eigenvalue weighted by molar-refractivity contribution is 5.86. The van der Waals surface area contributed by atoms with Crippen LogP contribution in [0.15, 0.2) is 41.2 Å². The van der Waals surface area contributed by atoms with Crippen molar-refractivity contribution in [1.29, 1.82) is 5.26 Å². The fourth-order valence-electron chi connectivity index (χ4n) is 2.92. The van der Waals surface area contributed by atoms with E-state index >= 15 is 0 Å². The fraction of sp³-hybridized carbons (Fsp3) is 0.273. The molecule has 0 amide bonds. The highest BCUT2D eigenvalue weighted by atomic mass is 16.6. The zero-order valence-corrected chi connectivity index (χ0v) is 16.7. The number of benzene rings is 2. The number of H-pyrrole nitrogens is 1. The molecular formula is C22H21N3O4. The van der Waals surface area contributed by atoms with Gasteiger partial charge in [0.05, 0.1) is 36.2 Å². The smallest absolute Gasteiger partial charge is 0.310 e. The molecule has 0 aliphatic carbocycles. The summed E-state index contributed by atoms with van der Waals surface area (Å²) in [5.41, 5.74) is 1.81. The molecule has 0 saturated carbocycles. The van der Waals surface area contributed by atoms with Crippen LogP contribution in [0.2, 0.25) is 0 Å². The summed E-state index contributed by atoms with van der Waals surface area (Å²) >= 11 is 0. The van der Waals surface area contributed by atoms with Crippen LogP contribution in [0.1, 0.15) is 31.9 Å². The lowest BCUT2D eigenvalue weighted by Crippen LogP contribution is -2.25. The van der Waals surface area contributed by atoms with E-state index in [-0.39, 0.29) is 17.7 Å². The van der Waals surface area contributed by atoms with Gasteiger partial charge in [0.2, 0.25) is 0 Å². The first-order valence-electron chi connectivity index (χ1n) is 9.03. The summed E-state index contributed by atoms with van der Waals surface area (Å²) in [7, 11) is 1.51. The van der Waals surface area contributed by atoms with Crippen LogP contribution in [-0.4, -0.2) is 28.6 Å². The summed E-state index contributed by atoms with van der Waals surface area (Å²) in [5.74, 6) is 0.0969. The molecule has 0 bridgehead atoms. The van der Waals surface area contributed by atoms with Crippen LogP contribution in [0.5, 0.6) is 5.75 Å². The summed E-state index contributed by atoms with van der Waals surface area (Å²) in [6, 6.07) is 12.0. The first-order valence-corrected chi connectivity index (χ1v) is 9.03. The van der Waals surface area contributed by atoms with Crippen LogP contribution in [0.25, 0.3) is 22.3 Å². The van der Waals surface area contributed by atoms with Crippen molar-refractivity contribution in [1.82, 2.24) is 9.97 Å². The number of fused-ring (bicyclic) bond motifs is 1. The van der Waals surface area contributed by atoms with Crippen LogP contribution in [0.3, 0.4) is 0 Å². The maximum absolute atomic E-state index is 12.6. The van der Waals surface area contributed by atoms with Crippen molar-refractivity contribution < 1.29 is 14.3 Å². The first kappa shape index (κ1) is 20.1. The molecule has 2 aromatic carbocycles. The van der Waals surface area contributed by atoms with E-state index in [9.17, 15) is 9.59 Å². The topological polar surface area (TPSA) is 105 Å².